The number of hydrogen-bond acceptors (Lipinski definition) is 4. The first-order valence-electron chi connectivity index (χ1n) is 9.33. The molecule has 2 heterocycles. The van der Waals surface area contributed by atoms with Gasteiger partial charge in [-0.3, -0.25) is 14.7 Å². The van der Waals surface area contributed by atoms with Gasteiger partial charge in [-0.2, -0.15) is 0 Å². The van der Waals surface area contributed by atoms with Crippen molar-refractivity contribution in [1.82, 2.24) is 20.5 Å². The maximum atomic E-state index is 12.9. The lowest BCUT2D eigenvalue weighted by Gasteiger charge is -2.21. The molecule has 1 aromatic heterocycles. The quantitative estimate of drug-likeness (QED) is 0.635. The molecule has 0 radical (unpaired) electrons. The Morgan fingerprint density at radius 1 is 1.28 bits per heavy atom. The fourth-order valence-corrected chi connectivity index (χ4v) is 3.81. The third-order valence-corrected chi connectivity index (χ3v) is 5.49. The minimum atomic E-state index is -0.630. The van der Waals surface area contributed by atoms with Gasteiger partial charge >= 0.3 is 0 Å². The largest absolute Gasteiger partial charge is 0.337 e. The normalized spacial score (nSPS) is 16.3. The first kappa shape index (κ1) is 19.3. The third kappa shape index (κ3) is 4.22. The molecule has 1 atom stereocenters. The molecule has 2 N–H and O–H groups in total. The predicted molar refractivity (Wildman–Crippen MR) is 113 cm³/mol. The zero-order chi connectivity index (χ0) is 20.4. The highest BCUT2D eigenvalue weighted by atomic mass is 79.9. The van der Waals surface area contributed by atoms with E-state index in [1.165, 1.54) is 0 Å². The van der Waals surface area contributed by atoms with E-state index in [1.807, 2.05) is 48.5 Å². The summed E-state index contributed by atoms with van der Waals surface area (Å²) in [4.78, 5) is 31.4. The van der Waals surface area contributed by atoms with Gasteiger partial charge in [0.15, 0.2) is 0 Å². The molecule has 0 saturated carbocycles. The van der Waals surface area contributed by atoms with Crippen LogP contribution in [-0.4, -0.2) is 40.1 Å². The van der Waals surface area contributed by atoms with Crippen molar-refractivity contribution in [2.45, 2.75) is 25.3 Å². The molecule has 1 aliphatic heterocycles. The van der Waals surface area contributed by atoms with Gasteiger partial charge in [-0.1, -0.05) is 52.3 Å². The molecule has 0 fully saturated rings. The molecule has 0 unspecified atom stereocenters. The number of likely N-dealkylation sites (N-methyl/N-ethyl adjacent to an activating group) is 1. The zero-order valence-corrected chi connectivity index (χ0v) is 17.4. The fraction of sp³-hybridized carbons (Fsp3) is 0.238. The fourth-order valence-electron chi connectivity index (χ4n) is 3.46. The first-order valence-corrected chi connectivity index (χ1v) is 10.1. The van der Waals surface area contributed by atoms with Crippen LogP contribution in [0.2, 0.25) is 0 Å². The van der Waals surface area contributed by atoms with Gasteiger partial charge in [-0.05, 0) is 36.1 Å². The minimum absolute atomic E-state index is 0.0379. The summed E-state index contributed by atoms with van der Waals surface area (Å²) in [7, 11) is 1.73. The minimum Gasteiger partial charge on any atom is -0.337 e. The summed E-state index contributed by atoms with van der Waals surface area (Å²) >= 11 is 3.45. The molecular weight excluding hydrogens is 434 g/mol. The number of benzene rings is 2. The van der Waals surface area contributed by atoms with Gasteiger partial charge in [0.1, 0.15) is 11.9 Å². The van der Waals surface area contributed by atoms with Gasteiger partial charge in [-0.25, -0.2) is 4.98 Å². The summed E-state index contributed by atoms with van der Waals surface area (Å²) in [5.74, 6) is 0.0218. The monoisotopic (exact) mass is 453 g/mol. The van der Waals surface area contributed by atoms with E-state index in [4.69, 9.17) is 0 Å². The van der Waals surface area contributed by atoms with Crippen molar-refractivity contribution in [3.63, 3.8) is 0 Å². The molecule has 2 amide bonds. The predicted octanol–water partition coefficient (Wildman–Crippen LogP) is 2.87. The van der Waals surface area contributed by atoms with Gasteiger partial charge in [0.25, 0.3) is 5.91 Å². The van der Waals surface area contributed by atoms with Crippen LogP contribution in [0.4, 0.5) is 5.69 Å². The Balaban J connectivity index is 1.45. The number of rotatable bonds is 4. The maximum absolute atomic E-state index is 12.9. The van der Waals surface area contributed by atoms with Crippen LogP contribution in [-0.2, 0) is 17.6 Å². The SMILES string of the molecule is CN1C(=O)[C@@H](NC(=O)c2n[nH]c(Cc3ccccc3)n2)CCc2ccc(Br)cc21. The lowest BCUT2D eigenvalue weighted by Crippen LogP contribution is -2.47. The molecule has 3 aromatic rings. The van der Waals surface area contributed by atoms with Gasteiger partial charge in [-0.15, -0.1) is 5.10 Å². The Bertz CT molecular complexity index is 1050. The molecule has 4 rings (SSSR count). The van der Waals surface area contributed by atoms with Crippen molar-refractivity contribution in [2.24, 2.45) is 0 Å². The molecular formula is C21H20BrN5O2. The van der Waals surface area contributed by atoms with Crippen molar-refractivity contribution < 1.29 is 9.59 Å². The van der Waals surface area contributed by atoms with Crippen LogP contribution in [0.5, 0.6) is 0 Å². The number of amides is 2. The van der Waals surface area contributed by atoms with Crippen LogP contribution < -0.4 is 10.2 Å². The number of fused-ring (bicyclic) bond motifs is 1. The highest BCUT2D eigenvalue weighted by molar-refractivity contribution is 9.10. The Kier molecular flexibility index (Phi) is 5.44. The van der Waals surface area contributed by atoms with Crippen LogP contribution in [0.25, 0.3) is 0 Å². The van der Waals surface area contributed by atoms with Crippen LogP contribution in [0.1, 0.15) is 34.0 Å². The second-order valence-corrected chi connectivity index (χ2v) is 7.92. The van der Waals surface area contributed by atoms with Crippen LogP contribution in [0.3, 0.4) is 0 Å². The van der Waals surface area contributed by atoms with E-state index in [9.17, 15) is 9.59 Å². The van der Waals surface area contributed by atoms with E-state index in [0.717, 1.165) is 21.3 Å². The van der Waals surface area contributed by atoms with Crippen LogP contribution in [0.15, 0.2) is 53.0 Å². The zero-order valence-electron chi connectivity index (χ0n) is 15.9. The summed E-state index contributed by atoms with van der Waals surface area (Å²) in [6.45, 7) is 0. The summed E-state index contributed by atoms with van der Waals surface area (Å²) < 4.78 is 0.907. The summed E-state index contributed by atoms with van der Waals surface area (Å²) in [5, 5.41) is 9.61. The van der Waals surface area contributed by atoms with Crippen molar-refractivity contribution in [3.05, 3.63) is 75.8 Å². The number of hydrogen-bond donors (Lipinski definition) is 2. The number of aryl methyl sites for hydroxylation is 1. The van der Waals surface area contributed by atoms with Gasteiger partial charge in [0, 0.05) is 23.6 Å². The van der Waals surface area contributed by atoms with Gasteiger partial charge in [0.2, 0.25) is 11.7 Å². The molecule has 148 valence electrons. The maximum Gasteiger partial charge on any atom is 0.291 e. The van der Waals surface area contributed by atoms with Crippen molar-refractivity contribution in [2.75, 3.05) is 11.9 Å². The summed E-state index contributed by atoms with van der Waals surface area (Å²) in [5.41, 5.74) is 2.99. The van der Waals surface area contributed by atoms with Gasteiger partial charge < -0.3 is 10.2 Å². The Hall–Kier alpha value is -3.00. The van der Waals surface area contributed by atoms with Crippen LogP contribution >= 0.6 is 15.9 Å². The molecule has 0 bridgehead atoms. The van der Waals surface area contributed by atoms with Gasteiger partial charge in [0.05, 0.1) is 0 Å². The Morgan fingerprint density at radius 2 is 2.07 bits per heavy atom. The smallest absolute Gasteiger partial charge is 0.291 e. The second kappa shape index (κ2) is 8.16. The van der Waals surface area contributed by atoms with E-state index < -0.39 is 11.9 Å². The van der Waals surface area contributed by atoms with Crippen molar-refractivity contribution in [1.29, 1.82) is 0 Å². The highest BCUT2D eigenvalue weighted by Gasteiger charge is 2.30. The number of carbonyl (C=O) groups is 2. The molecule has 0 aliphatic carbocycles. The highest BCUT2D eigenvalue weighted by Crippen LogP contribution is 2.29. The van der Waals surface area contributed by atoms with E-state index >= 15 is 0 Å². The van der Waals surface area contributed by atoms with E-state index in [-0.39, 0.29) is 11.7 Å². The second-order valence-electron chi connectivity index (χ2n) is 7.00. The first-order chi connectivity index (χ1) is 14.0. The standard InChI is InChI=1S/C21H20BrN5O2/c1-27-17-12-15(22)9-7-14(17)8-10-16(21(27)29)23-20(28)19-24-18(25-26-19)11-13-5-3-2-4-6-13/h2-7,9,12,16H,8,10-11H2,1H3,(H,23,28)(H,24,25,26)/t16-/m0/s1. The lowest BCUT2D eigenvalue weighted by atomic mass is 10.1. The molecule has 0 saturated heterocycles. The number of anilines is 1. The number of halogens is 1. The van der Waals surface area contributed by atoms with E-state index in [1.54, 1.807) is 11.9 Å². The number of H-pyrrole nitrogens is 1. The molecule has 8 heteroatoms. The topological polar surface area (TPSA) is 91.0 Å². The molecule has 2 aromatic carbocycles. The van der Waals surface area contributed by atoms with Crippen LogP contribution in [0, 0.1) is 0 Å². The lowest BCUT2D eigenvalue weighted by molar-refractivity contribution is -0.120. The number of carbonyl (C=O) groups excluding carboxylic acids is 2. The number of aromatic nitrogens is 3. The Labute approximate surface area is 176 Å². The number of nitrogens with zero attached hydrogens (tertiary/aromatic N) is 3. The third-order valence-electron chi connectivity index (χ3n) is 4.99. The van der Waals surface area contributed by atoms with E-state index in [2.05, 4.69) is 36.4 Å². The van der Waals surface area contributed by atoms with E-state index in [0.29, 0.717) is 25.1 Å². The number of aromatic amines is 1. The molecule has 7 nitrogen and oxygen atoms in total. The molecule has 29 heavy (non-hydrogen) atoms. The molecule has 0 spiro atoms. The Morgan fingerprint density at radius 3 is 2.86 bits per heavy atom. The number of nitrogens with one attached hydrogen (secondary N) is 2. The summed E-state index contributed by atoms with van der Waals surface area (Å²) in [6, 6.07) is 15.1. The average molecular weight is 454 g/mol. The molecule has 1 aliphatic rings. The average Bonchev–Trinajstić information content (AvgIpc) is 3.16. The van der Waals surface area contributed by atoms with Crippen molar-refractivity contribution in [3.8, 4) is 0 Å². The summed E-state index contributed by atoms with van der Waals surface area (Å²) in [6.07, 6.45) is 1.76. The van der Waals surface area contributed by atoms with Crippen molar-refractivity contribution >= 4 is 33.4 Å².